The Balaban J connectivity index is 0.000000232. The summed E-state index contributed by atoms with van der Waals surface area (Å²) in [5, 5.41) is 8.90. The SMILES string of the molecule is COC(=O)c1cc(C(=O)O)nc2c(N)nc(N)n12.COC(=O)c1ccc(CN)cc1. The van der Waals surface area contributed by atoms with E-state index in [0.717, 1.165) is 23.1 Å². The van der Waals surface area contributed by atoms with Crippen LogP contribution in [0.1, 0.15) is 36.9 Å². The van der Waals surface area contributed by atoms with Gasteiger partial charge in [-0.25, -0.2) is 19.4 Å². The molecule has 0 aliphatic heterocycles. The number of benzene rings is 1. The number of methoxy groups -OCH3 is 2. The maximum absolute atomic E-state index is 11.6. The van der Waals surface area contributed by atoms with Crippen molar-refractivity contribution in [3.63, 3.8) is 0 Å². The Morgan fingerprint density at radius 2 is 1.63 bits per heavy atom. The number of carbonyl (C=O) groups is 3. The van der Waals surface area contributed by atoms with E-state index in [9.17, 15) is 14.4 Å². The van der Waals surface area contributed by atoms with Crippen LogP contribution >= 0.6 is 0 Å². The van der Waals surface area contributed by atoms with Gasteiger partial charge in [-0.05, 0) is 17.7 Å². The number of carboxylic acids is 1. The number of aromatic carboxylic acids is 1. The molecule has 3 rings (SSSR count). The van der Waals surface area contributed by atoms with Gasteiger partial charge in [0.1, 0.15) is 5.69 Å². The predicted octanol–water partition coefficient (Wildman–Crippen LogP) is 0.310. The second kappa shape index (κ2) is 9.34. The van der Waals surface area contributed by atoms with Crippen LogP contribution in [0.25, 0.3) is 5.65 Å². The minimum Gasteiger partial charge on any atom is -0.477 e. The third-order valence-corrected chi connectivity index (χ3v) is 3.87. The van der Waals surface area contributed by atoms with Gasteiger partial charge in [-0.1, -0.05) is 12.1 Å². The molecular formula is C18H20N6O6. The van der Waals surface area contributed by atoms with Gasteiger partial charge in [0.2, 0.25) is 5.95 Å². The molecule has 0 saturated carbocycles. The van der Waals surface area contributed by atoms with Gasteiger partial charge < -0.3 is 31.8 Å². The number of carbonyl (C=O) groups excluding carboxylic acids is 2. The Hall–Kier alpha value is -4.19. The molecule has 0 saturated heterocycles. The molecular weight excluding hydrogens is 396 g/mol. The number of aromatic nitrogens is 3. The monoisotopic (exact) mass is 416 g/mol. The van der Waals surface area contributed by atoms with Crippen LogP contribution in [0.4, 0.5) is 11.8 Å². The highest BCUT2D eigenvalue weighted by molar-refractivity contribution is 5.94. The van der Waals surface area contributed by atoms with Gasteiger partial charge in [-0.3, -0.25) is 4.40 Å². The van der Waals surface area contributed by atoms with E-state index in [1.165, 1.54) is 7.11 Å². The number of rotatable bonds is 4. The zero-order chi connectivity index (χ0) is 22.4. The van der Waals surface area contributed by atoms with Crippen LogP contribution in [-0.4, -0.2) is 51.6 Å². The van der Waals surface area contributed by atoms with Crippen molar-refractivity contribution in [2.24, 2.45) is 5.73 Å². The first-order valence-corrected chi connectivity index (χ1v) is 8.36. The Morgan fingerprint density at radius 3 is 2.13 bits per heavy atom. The quantitative estimate of drug-likeness (QED) is 0.427. The normalized spacial score (nSPS) is 10.1. The third kappa shape index (κ3) is 4.62. The van der Waals surface area contributed by atoms with Crippen LogP contribution in [0.3, 0.4) is 0 Å². The van der Waals surface area contributed by atoms with E-state index >= 15 is 0 Å². The molecule has 0 bridgehead atoms. The lowest BCUT2D eigenvalue weighted by Gasteiger charge is -2.05. The molecule has 7 N–H and O–H groups in total. The molecule has 0 atom stereocenters. The fraction of sp³-hybridized carbons (Fsp3) is 0.167. The van der Waals surface area contributed by atoms with Crippen molar-refractivity contribution in [1.29, 1.82) is 0 Å². The van der Waals surface area contributed by atoms with Gasteiger partial charge in [0.05, 0.1) is 19.8 Å². The van der Waals surface area contributed by atoms with Crippen molar-refractivity contribution in [3.8, 4) is 0 Å². The molecule has 30 heavy (non-hydrogen) atoms. The number of imidazole rings is 1. The highest BCUT2D eigenvalue weighted by atomic mass is 16.5. The van der Waals surface area contributed by atoms with Crippen LogP contribution < -0.4 is 17.2 Å². The second-order valence-corrected chi connectivity index (χ2v) is 5.73. The number of anilines is 2. The molecule has 2 heterocycles. The molecule has 0 unspecified atom stereocenters. The number of ether oxygens (including phenoxy) is 2. The molecule has 1 aromatic carbocycles. The van der Waals surface area contributed by atoms with E-state index in [-0.39, 0.29) is 34.8 Å². The number of nitrogens with two attached hydrogens (primary N) is 3. The van der Waals surface area contributed by atoms with E-state index in [0.29, 0.717) is 12.1 Å². The van der Waals surface area contributed by atoms with E-state index in [1.807, 2.05) is 12.1 Å². The zero-order valence-electron chi connectivity index (χ0n) is 16.2. The van der Waals surface area contributed by atoms with Gasteiger partial charge in [0, 0.05) is 12.6 Å². The summed E-state index contributed by atoms with van der Waals surface area (Å²) in [5.41, 5.74) is 17.6. The summed E-state index contributed by atoms with van der Waals surface area (Å²) in [7, 11) is 2.52. The lowest BCUT2D eigenvalue weighted by atomic mass is 10.1. The molecule has 12 nitrogen and oxygen atoms in total. The van der Waals surface area contributed by atoms with E-state index in [4.69, 9.17) is 22.3 Å². The summed E-state index contributed by atoms with van der Waals surface area (Å²) in [6.07, 6.45) is 0. The largest absolute Gasteiger partial charge is 0.477 e. The topological polar surface area (TPSA) is 198 Å². The number of nitrogen functional groups attached to an aromatic ring is 2. The molecule has 2 aromatic heterocycles. The Bertz CT molecular complexity index is 1090. The summed E-state index contributed by atoms with van der Waals surface area (Å²) in [4.78, 5) is 40.9. The Labute approximate surface area is 170 Å². The van der Waals surface area contributed by atoms with Gasteiger partial charge in [-0.2, -0.15) is 4.98 Å². The van der Waals surface area contributed by atoms with Gasteiger partial charge in [-0.15, -0.1) is 0 Å². The van der Waals surface area contributed by atoms with E-state index in [2.05, 4.69) is 19.4 Å². The molecule has 0 radical (unpaired) electrons. The van der Waals surface area contributed by atoms with Crippen LogP contribution in [0.2, 0.25) is 0 Å². The fourth-order valence-electron chi connectivity index (χ4n) is 2.39. The van der Waals surface area contributed by atoms with Crippen LogP contribution in [0.15, 0.2) is 30.3 Å². The first kappa shape index (κ1) is 22.1. The number of carboxylic acid groups (broad SMARTS) is 1. The van der Waals surface area contributed by atoms with Crippen molar-refractivity contribution in [2.75, 3.05) is 25.7 Å². The Morgan fingerprint density at radius 1 is 1.03 bits per heavy atom. The maximum atomic E-state index is 11.6. The molecule has 0 aliphatic carbocycles. The molecule has 3 aromatic rings. The highest BCUT2D eigenvalue weighted by Crippen LogP contribution is 2.19. The zero-order valence-corrected chi connectivity index (χ0v) is 16.2. The summed E-state index contributed by atoms with van der Waals surface area (Å²) < 4.78 is 10.2. The minimum atomic E-state index is -1.30. The van der Waals surface area contributed by atoms with E-state index < -0.39 is 11.9 Å². The van der Waals surface area contributed by atoms with Gasteiger partial charge in [0.25, 0.3) is 0 Å². The second-order valence-electron chi connectivity index (χ2n) is 5.73. The average Bonchev–Trinajstić information content (AvgIpc) is 3.05. The summed E-state index contributed by atoms with van der Waals surface area (Å²) >= 11 is 0. The summed E-state index contributed by atoms with van der Waals surface area (Å²) in [6, 6.07) is 8.07. The molecule has 0 amide bonds. The van der Waals surface area contributed by atoms with Crippen LogP contribution in [0, 0.1) is 0 Å². The van der Waals surface area contributed by atoms with Crippen molar-refractivity contribution >= 4 is 35.3 Å². The van der Waals surface area contributed by atoms with Crippen molar-refractivity contribution in [2.45, 2.75) is 6.54 Å². The van der Waals surface area contributed by atoms with Crippen LogP contribution in [0.5, 0.6) is 0 Å². The molecule has 158 valence electrons. The number of hydrogen-bond acceptors (Lipinski definition) is 10. The van der Waals surface area contributed by atoms with Gasteiger partial charge >= 0.3 is 17.9 Å². The molecule has 12 heteroatoms. The molecule has 0 fully saturated rings. The van der Waals surface area contributed by atoms with Crippen LogP contribution in [-0.2, 0) is 16.0 Å². The summed E-state index contributed by atoms with van der Waals surface area (Å²) in [5.74, 6) is -2.54. The summed E-state index contributed by atoms with van der Waals surface area (Å²) in [6.45, 7) is 0.488. The number of esters is 2. The van der Waals surface area contributed by atoms with Crippen molar-refractivity contribution in [3.05, 3.63) is 52.8 Å². The fourth-order valence-corrected chi connectivity index (χ4v) is 2.39. The first-order valence-electron chi connectivity index (χ1n) is 8.36. The van der Waals surface area contributed by atoms with Gasteiger partial charge in [0.15, 0.2) is 17.2 Å². The maximum Gasteiger partial charge on any atom is 0.355 e. The number of hydrogen-bond donors (Lipinski definition) is 4. The first-order chi connectivity index (χ1) is 14.2. The minimum absolute atomic E-state index is 0.00667. The molecule has 0 aliphatic rings. The number of fused-ring (bicyclic) bond motifs is 1. The number of nitrogens with zero attached hydrogens (tertiary/aromatic N) is 3. The van der Waals surface area contributed by atoms with Crippen molar-refractivity contribution < 1.29 is 29.0 Å². The lowest BCUT2D eigenvalue weighted by Crippen LogP contribution is -2.14. The Kier molecular flexibility index (Phi) is 6.88. The standard InChI is InChI=1S/C9H9N5O4.C9H11NO2/c1-18-8(17)4-2-3(7(15)16)12-6-5(10)13-9(11)14(4)6;1-12-9(11)8-4-2-7(6-10)3-5-8/h2H,10H2,1H3,(H2,11,13)(H,15,16);2-5H,6,10H2,1H3. The van der Waals surface area contributed by atoms with E-state index in [1.54, 1.807) is 12.1 Å². The predicted molar refractivity (Wildman–Crippen MR) is 106 cm³/mol. The lowest BCUT2D eigenvalue weighted by molar-refractivity contribution is 0.0586. The molecule has 0 spiro atoms. The third-order valence-electron chi connectivity index (χ3n) is 3.87. The van der Waals surface area contributed by atoms with Crippen molar-refractivity contribution in [1.82, 2.24) is 14.4 Å². The average molecular weight is 416 g/mol. The smallest absolute Gasteiger partial charge is 0.355 e. The highest BCUT2D eigenvalue weighted by Gasteiger charge is 2.21.